The molecule has 1 aromatic heterocycles. The van der Waals surface area contributed by atoms with Crippen LogP contribution in [-0.2, 0) is 68.6 Å². The van der Waals surface area contributed by atoms with E-state index >= 15 is 24.0 Å². The van der Waals surface area contributed by atoms with Gasteiger partial charge in [-0.3, -0.25) is 33.6 Å². The molecular formula is C84H95Cl2N11O29. The Hall–Kier alpha value is -11.2. The lowest BCUT2D eigenvalue weighted by Gasteiger charge is -2.46. The van der Waals surface area contributed by atoms with Crippen molar-refractivity contribution in [1.29, 1.82) is 0 Å². The lowest BCUT2D eigenvalue weighted by molar-refractivity contribution is -0.350. The maximum atomic E-state index is 16.4. The molecule has 0 aliphatic carbocycles. The summed E-state index contributed by atoms with van der Waals surface area (Å²) in [6.07, 6.45) is -27.7. The summed E-state index contributed by atoms with van der Waals surface area (Å²) in [5, 5.41) is 159. The number of carboxylic acid groups (broad SMARTS) is 1. The molecule has 9 heterocycles. The molecule has 8 aliphatic rings. The summed E-state index contributed by atoms with van der Waals surface area (Å²) in [4.78, 5) is 124. The third-order valence-corrected chi connectivity index (χ3v) is 22.7. The number of aliphatic carboxylic acids is 1. The Labute approximate surface area is 727 Å². The van der Waals surface area contributed by atoms with Gasteiger partial charge in [0.1, 0.15) is 126 Å². The van der Waals surface area contributed by atoms with E-state index in [1.54, 1.807) is 62.5 Å². The Bertz CT molecular complexity index is 5240. The first-order valence-corrected chi connectivity index (χ1v) is 40.6. The van der Waals surface area contributed by atoms with Crippen molar-refractivity contribution in [1.82, 2.24) is 47.5 Å². The van der Waals surface area contributed by atoms with Crippen LogP contribution in [0.25, 0.3) is 11.1 Å². The van der Waals surface area contributed by atoms with Gasteiger partial charge in [-0.1, -0.05) is 73.4 Å². The Morgan fingerprint density at radius 2 is 1.33 bits per heavy atom. The summed E-state index contributed by atoms with van der Waals surface area (Å²) < 4.78 is 57.1. The number of phenolic OH excluding ortho intramolecular Hbond substituents is 3. The summed E-state index contributed by atoms with van der Waals surface area (Å²) in [6.45, 7) is 5.34. The van der Waals surface area contributed by atoms with E-state index in [0.717, 1.165) is 66.7 Å². The van der Waals surface area contributed by atoms with E-state index in [-0.39, 0.29) is 43.0 Å². The topological polar surface area (TPSA) is 624 Å². The normalized spacial score (nSPS) is 29.6. The fourth-order valence-corrected chi connectivity index (χ4v) is 16.1. The van der Waals surface area contributed by atoms with Gasteiger partial charge in [-0.15, -0.1) is 0 Å². The van der Waals surface area contributed by atoms with E-state index in [2.05, 4.69) is 47.5 Å². The average Bonchev–Trinajstić information content (AvgIpc) is 0.758. The zero-order chi connectivity index (χ0) is 90.8. The molecular weight excluding hydrogens is 1700 g/mol. The van der Waals surface area contributed by atoms with Crippen LogP contribution in [0.15, 0.2) is 128 Å². The molecule has 3 saturated heterocycles. The number of carbonyl (C=O) groups excluding carboxylic acids is 7. The standard InChI is InChI=1S/C84H95Cl2N11O29/c1-33(2)19-46(89-5)75(110)96-63-65(103)37-13-16-50(44(85)22-37)120-52-24-39-25-53(72(52)125-83-70(108)68(106)73(55(32-98)123-83)126-82-69(107)67(105)66(104)54(122-82)31-90-30-35-9-8-10-41(20-35)119-57-11-6-7-18-91-57)121-51-17-14-38(23-45(51)86)71(124-58-29-84(4,88)74(109)34(3)118-58)64-80(115)95-62(81(116)117)43-26-40(99)27-49(101)59(43)42-21-36(12-15-48(42)100)60(77(112)97-64)94-78(113)61(39)93-76(111)47(28-56(87)102)92-79(63)114/h6-18,20-27,33-34,46-47,54-55,58,60-71,73-74,82-83,89-90,98-101,103-109H,19,28-32,88H2,1-5H3,(H2,87,102)(H,92,114)(H,93,111)(H,94,113)(H,95,115)(H,96,110)(H,97,112)(H,116,117)/t34-,46+,47-,54+,55+,58?,60+,61+,62+,63?,64-,65+,66-,67-,68+,69+,70+,71+,73+,74-,82-,83-,84-/m0/s1. The van der Waals surface area contributed by atoms with Crippen molar-refractivity contribution >= 4 is 70.5 Å². The van der Waals surface area contributed by atoms with Crippen LogP contribution >= 0.6 is 23.2 Å². The lowest BCUT2D eigenvalue weighted by Crippen LogP contribution is -2.65. The van der Waals surface area contributed by atoms with Crippen LogP contribution in [0, 0.1) is 5.92 Å². The number of hydrogen-bond donors (Lipinski definition) is 22. The molecule has 674 valence electrons. The minimum atomic E-state index is -2.43. The van der Waals surface area contributed by atoms with Gasteiger partial charge < -0.3 is 158 Å². The third kappa shape index (κ3) is 20.4. The van der Waals surface area contributed by atoms with Gasteiger partial charge in [0.25, 0.3) is 0 Å². The highest BCUT2D eigenvalue weighted by Crippen LogP contribution is 2.50. The van der Waals surface area contributed by atoms with Gasteiger partial charge in [0.2, 0.25) is 59.3 Å². The second-order valence-electron chi connectivity index (χ2n) is 31.9. The molecule has 7 amide bonds. The monoisotopic (exact) mass is 1790 g/mol. The summed E-state index contributed by atoms with van der Waals surface area (Å²) in [6, 6.07) is 11.0. The molecule has 7 aromatic rings. The first-order chi connectivity index (χ1) is 59.9. The van der Waals surface area contributed by atoms with Crippen LogP contribution < -0.4 is 72.9 Å². The SMILES string of the molecule is CN[C@H](CC(C)C)C(=O)NC1C(=O)N[C@@H](CC(N)=O)C(=O)N[C@H]2C(=O)N[C@H]3C(=O)N[C@H](C(=O)N[C@@H](C(=O)O)c4cc(O)cc(O)c4-c4cc3ccc4O)[C@H](OC3C[C@](C)(N)[C@@H](O)[C@H](C)O3)c3ccc(c(Cl)c3)Oc3cc2cc(c3O[C@@H]2O[C@H](CO)[C@@H](O[C@@H]3O[C@H](CNCc4cccc(Oc5ccccn5)c4)[C@H](O)[C@H](O)[C@H]3O)[C@H](O)[C@H]2O)Oc2ccc(cc2Cl)[C@H]1O. The third-order valence-electron chi connectivity index (χ3n) is 22.1. The number of aliphatic hydroxyl groups excluding tert-OH is 8. The van der Waals surface area contributed by atoms with Crippen molar-refractivity contribution in [3.63, 3.8) is 0 Å². The molecule has 15 rings (SSSR count). The molecule has 0 saturated carbocycles. The van der Waals surface area contributed by atoms with E-state index in [0.29, 0.717) is 17.2 Å². The van der Waals surface area contributed by atoms with Gasteiger partial charge in [0, 0.05) is 60.1 Å². The average molecular weight is 1790 g/mol. The van der Waals surface area contributed by atoms with Crippen LogP contribution in [0.5, 0.6) is 57.6 Å². The molecule has 3 fully saturated rings. The Kier molecular flexibility index (Phi) is 28.6. The van der Waals surface area contributed by atoms with Crippen LogP contribution in [0.1, 0.15) is 111 Å². The Balaban J connectivity index is 0.963. The molecule has 42 heteroatoms. The summed E-state index contributed by atoms with van der Waals surface area (Å²) in [7, 11) is 1.46. The van der Waals surface area contributed by atoms with Crippen molar-refractivity contribution in [2.45, 2.75) is 193 Å². The lowest BCUT2D eigenvalue weighted by atomic mass is 9.86. The van der Waals surface area contributed by atoms with Gasteiger partial charge in [-0.25, -0.2) is 9.78 Å². The number of hydrogen-bond acceptors (Lipinski definition) is 32. The number of carboxylic acids is 1. The maximum Gasteiger partial charge on any atom is 0.330 e. The largest absolute Gasteiger partial charge is 0.508 e. The highest BCUT2D eigenvalue weighted by atomic mass is 35.5. The highest BCUT2D eigenvalue weighted by Gasteiger charge is 2.53. The van der Waals surface area contributed by atoms with Gasteiger partial charge in [0.15, 0.2) is 30.1 Å². The number of benzene rings is 6. The number of rotatable bonds is 21. The zero-order valence-electron chi connectivity index (χ0n) is 67.8. The first-order valence-electron chi connectivity index (χ1n) is 39.9. The van der Waals surface area contributed by atoms with Crippen molar-refractivity contribution < 1.29 is 142 Å². The van der Waals surface area contributed by atoms with Gasteiger partial charge in [0.05, 0.1) is 41.3 Å². The van der Waals surface area contributed by atoms with Crippen molar-refractivity contribution in [2.24, 2.45) is 17.4 Å². The van der Waals surface area contributed by atoms with E-state index in [9.17, 15) is 75.7 Å². The van der Waals surface area contributed by atoms with E-state index in [1.807, 2.05) is 0 Å². The van der Waals surface area contributed by atoms with Crippen LogP contribution in [-0.4, -0.2) is 243 Å². The molecule has 24 N–H and O–H groups in total. The van der Waals surface area contributed by atoms with E-state index in [1.165, 1.54) is 33.0 Å². The smallest absolute Gasteiger partial charge is 0.330 e. The van der Waals surface area contributed by atoms with E-state index in [4.69, 9.17) is 77.3 Å². The summed E-state index contributed by atoms with van der Waals surface area (Å²) in [5.74, 6) is -15.9. The second-order valence-corrected chi connectivity index (χ2v) is 32.7. The molecule has 40 nitrogen and oxygen atoms in total. The minimum Gasteiger partial charge on any atom is -0.508 e. The number of likely N-dealkylation sites (N-methyl/N-ethyl adjacent to an activating group) is 1. The van der Waals surface area contributed by atoms with Crippen molar-refractivity contribution in [3.8, 4) is 68.8 Å². The van der Waals surface area contributed by atoms with Crippen LogP contribution in [0.3, 0.4) is 0 Å². The number of aromatic hydroxyl groups is 3. The van der Waals surface area contributed by atoms with Crippen LogP contribution in [0.2, 0.25) is 10.0 Å². The van der Waals surface area contributed by atoms with Crippen molar-refractivity contribution in [3.05, 3.63) is 171 Å². The predicted molar refractivity (Wildman–Crippen MR) is 437 cm³/mol. The molecule has 0 radical (unpaired) electrons. The summed E-state index contributed by atoms with van der Waals surface area (Å²) in [5.41, 5.74) is 8.67. The van der Waals surface area contributed by atoms with Gasteiger partial charge >= 0.3 is 5.97 Å². The quantitative estimate of drug-likeness (QED) is 0.0475. The van der Waals surface area contributed by atoms with E-state index < -0.39 is 284 Å². The number of aromatic nitrogens is 1. The molecule has 8 aliphatic heterocycles. The number of ether oxygens (including phenoxy) is 9. The zero-order valence-corrected chi connectivity index (χ0v) is 69.3. The number of nitrogens with one attached hydrogen (secondary N) is 8. The molecule has 6 aromatic carbocycles. The number of halogens is 2. The number of pyridine rings is 1. The predicted octanol–water partition coefficient (Wildman–Crippen LogP) is 0.915. The number of nitrogens with two attached hydrogens (primary N) is 2. The number of fused-ring (bicyclic) bond motifs is 15. The highest BCUT2D eigenvalue weighted by molar-refractivity contribution is 6.32. The van der Waals surface area contributed by atoms with Gasteiger partial charge in [-0.2, -0.15) is 0 Å². The molecule has 126 heavy (non-hydrogen) atoms. The second kappa shape index (κ2) is 38.9. The number of nitrogens with zero attached hydrogens (tertiary/aromatic N) is 1. The van der Waals surface area contributed by atoms with Crippen LogP contribution in [0.4, 0.5) is 0 Å². The first kappa shape index (κ1) is 92.4. The molecule has 0 spiro atoms. The molecule has 11 bridgehead atoms. The fourth-order valence-electron chi connectivity index (χ4n) is 15.6. The fraction of sp³-hybridized carbons (Fsp3) is 0.417. The maximum absolute atomic E-state index is 16.4. The number of aliphatic hydroxyl groups is 8. The molecule has 2 unspecified atom stereocenters. The number of primary amides is 1. The number of phenols is 3. The molecule has 23 atom stereocenters. The Morgan fingerprint density at radius 3 is 1.98 bits per heavy atom. The van der Waals surface area contributed by atoms with Gasteiger partial charge in [-0.05, 0) is 134 Å². The Morgan fingerprint density at radius 1 is 0.667 bits per heavy atom. The summed E-state index contributed by atoms with van der Waals surface area (Å²) >= 11 is 14.5. The number of amides is 7. The van der Waals surface area contributed by atoms with Crippen molar-refractivity contribution in [2.75, 3.05) is 20.2 Å². The minimum absolute atomic E-state index is 0.131. The number of carbonyl (C=O) groups is 8.